The molecule has 2 aromatic rings. The second-order valence-electron chi connectivity index (χ2n) is 6.01. The summed E-state index contributed by atoms with van der Waals surface area (Å²) in [4.78, 5) is 36.3. The first-order valence-electron chi connectivity index (χ1n) is 7.98. The number of rotatable bonds is 7. The SMILES string of the molecule is CSc1ccc(C(=O)c2ccccc2C(=O)OCC(C)C)cc1[N+](=O)[O-]. The molecule has 0 bridgehead atoms. The molecule has 0 unspecified atom stereocenters. The number of esters is 1. The van der Waals surface area contributed by atoms with Crippen LogP contribution in [-0.4, -0.2) is 29.5 Å². The highest BCUT2D eigenvalue weighted by Gasteiger charge is 2.22. The van der Waals surface area contributed by atoms with E-state index in [0.717, 1.165) is 0 Å². The van der Waals surface area contributed by atoms with Crippen LogP contribution in [0.1, 0.15) is 40.1 Å². The summed E-state index contributed by atoms with van der Waals surface area (Å²) >= 11 is 1.23. The third-order valence-electron chi connectivity index (χ3n) is 3.58. The van der Waals surface area contributed by atoms with Gasteiger partial charge in [-0.2, -0.15) is 0 Å². The predicted molar refractivity (Wildman–Crippen MR) is 99.9 cm³/mol. The summed E-state index contributed by atoms with van der Waals surface area (Å²) in [7, 11) is 0. The number of thioether (sulfide) groups is 1. The molecule has 0 radical (unpaired) electrons. The van der Waals surface area contributed by atoms with Crippen molar-refractivity contribution in [2.24, 2.45) is 5.92 Å². The van der Waals surface area contributed by atoms with E-state index in [9.17, 15) is 19.7 Å². The van der Waals surface area contributed by atoms with Crippen molar-refractivity contribution in [2.75, 3.05) is 12.9 Å². The smallest absolute Gasteiger partial charge is 0.338 e. The number of nitro benzene ring substituents is 1. The quantitative estimate of drug-likeness (QED) is 0.236. The van der Waals surface area contributed by atoms with Crippen LogP contribution in [0.25, 0.3) is 0 Å². The van der Waals surface area contributed by atoms with Crippen LogP contribution in [0.15, 0.2) is 47.4 Å². The number of hydrogen-bond acceptors (Lipinski definition) is 6. The van der Waals surface area contributed by atoms with E-state index in [-0.39, 0.29) is 34.9 Å². The molecule has 2 aromatic carbocycles. The van der Waals surface area contributed by atoms with E-state index in [1.807, 2.05) is 13.8 Å². The van der Waals surface area contributed by atoms with E-state index in [0.29, 0.717) is 4.90 Å². The molecule has 0 heterocycles. The first-order chi connectivity index (χ1) is 12.3. The molecule has 0 saturated heterocycles. The Bertz CT molecular complexity index is 848. The van der Waals surface area contributed by atoms with Crippen LogP contribution in [0.2, 0.25) is 0 Å². The number of carbonyl (C=O) groups excluding carboxylic acids is 2. The zero-order chi connectivity index (χ0) is 19.3. The standard InChI is InChI=1S/C19H19NO5S/c1-12(2)11-25-19(22)15-7-5-4-6-14(15)18(21)13-8-9-17(26-3)16(10-13)20(23)24/h4-10,12H,11H2,1-3H3. The molecule has 0 saturated carbocycles. The van der Waals surface area contributed by atoms with Gasteiger partial charge in [-0.15, -0.1) is 11.8 Å². The van der Waals surface area contributed by atoms with Gasteiger partial charge in [-0.25, -0.2) is 4.79 Å². The summed E-state index contributed by atoms with van der Waals surface area (Å²) in [5.41, 5.74) is 0.323. The summed E-state index contributed by atoms with van der Waals surface area (Å²) in [5.74, 6) is -0.876. The number of carbonyl (C=O) groups is 2. The monoisotopic (exact) mass is 373 g/mol. The number of benzene rings is 2. The number of nitrogens with zero attached hydrogens (tertiary/aromatic N) is 1. The van der Waals surface area contributed by atoms with Crippen molar-refractivity contribution in [1.29, 1.82) is 0 Å². The minimum atomic E-state index is -0.585. The van der Waals surface area contributed by atoms with Crippen molar-refractivity contribution in [2.45, 2.75) is 18.7 Å². The lowest BCUT2D eigenvalue weighted by Gasteiger charge is -2.11. The fraction of sp³-hybridized carbons (Fsp3) is 0.263. The molecule has 0 spiro atoms. The van der Waals surface area contributed by atoms with Gasteiger partial charge in [0.25, 0.3) is 5.69 Å². The molecular formula is C19H19NO5S. The van der Waals surface area contributed by atoms with Crippen LogP contribution in [0.4, 0.5) is 5.69 Å². The van der Waals surface area contributed by atoms with Gasteiger partial charge in [-0.3, -0.25) is 14.9 Å². The van der Waals surface area contributed by atoms with Gasteiger partial charge in [0.2, 0.25) is 0 Å². The highest BCUT2D eigenvalue weighted by Crippen LogP contribution is 2.29. The molecule has 0 N–H and O–H groups in total. The van der Waals surface area contributed by atoms with Crippen LogP contribution in [0.3, 0.4) is 0 Å². The molecule has 0 atom stereocenters. The first-order valence-corrected chi connectivity index (χ1v) is 9.21. The number of hydrogen-bond donors (Lipinski definition) is 0. The van der Waals surface area contributed by atoms with E-state index in [4.69, 9.17) is 4.74 Å². The van der Waals surface area contributed by atoms with Crippen LogP contribution in [0, 0.1) is 16.0 Å². The zero-order valence-corrected chi connectivity index (χ0v) is 15.5. The van der Waals surface area contributed by atoms with Crippen LogP contribution in [0.5, 0.6) is 0 Å². The molecule has 0 fully saturated rings. The normalized spacial score (nSPS) is 10.6. The first kappa shape index (κ1) is 19.7. The average Bonchev–Trinajstić information content (AvgIpc) is 2.64. The van der Waals surface area contributed by atoms with Gasteiger partial charge in [-0.1, -0.05) is 32.0 Å². The lowest BCUT2D eigenvalue weighted by Crippen LogP contribution is -2.15. The largest absolute Gasteiger partial charge is 0.462 e. The summed E-state index contributed by atoms with van der Waals surface area (Å²) in [5, 5.41) is 11.2. The molecule has 0 aliphatic rings. The van der Waals surface area contributed by atoms with Crippen molar-refractivity contribution < 1.29 is 19.2 Å². The maximum Gasteiger partial charge on any atom is 0.338 e. The van der Waals surface area contributed by atoms with Crippen molar-refractivity contribution in [3.05, 3.63) is 69.3 Å². The lowest BCUT2D eigenvalue weighted by atomic mass is 9.98. The Hall–Kier alpha value is -2.67. The Balaban J connectivity index is 2.40. The van der Waals surface area contributed by atoms with E-state index >= 15 is 0 Å². The molecule has 0 aliphatic carbocycles. The molecular weight excluding hydrogens is 354 g/mol. The summed E-state index contributed by atoms with van der Waals surface area (Å²) in [6.07, 6.45) is 1.73. The minimum Gasteiger partial charge on any atom is -0.462 e. The second kappa shape index (κ2) is 8.62. The molecule has 7 heteroatoms. The fourth-order valence-corrected chi connectivity index (χ4v) is 2.86. The van der Waals surface area contributed by atoms with Gasteiger partial charge in [-0.05, 0) is 30.4 Å². The zero-order valence-electron chi connectivity index (χ0n) is 14.7. The van der Waals surface area contributed by atoms with Gasteiger partial charge in [0.05, 0.1) is 22.0 Å². The molecule has 26 heavy (non-hydrogen) atoms. The van der Waals surface area contributed by atoms with Gasteiger partial charge in [0, 0.05) is 17.2 Å². The van der Waals surface area contributed by atoms with Gasteiger partial charge < -0.3 is 4.74 Å². The van der Waals surface area contributed by atoms with Gasteiger partial charge >= 0.3 is 5.97 Å². The topological polar surface area (TPSA) is 86.5 Å². The second-order valence-corrected chi connectivity index (χ2v) is 6.86. The Morgan fingerprint density at radius 3 is 2.38 bits per heavy atom. The van der Waals surface area contributed by atoms with Crippen LogP contribution >= 0.6 is 11.8 Å². The lowest BCUT2D eigenvalue weighted by molar-refractivity contribution is -0.387. The maximum atomic E-state index is 12.8. The predicted octanol–water partition coefficient (Wildman–Crippen LogP) is 4.36. The van der Waals surface area contributed by atoms with Crippen LogP contribution < -0.4 is 0 Å². The van der Waals surface area contributed by atoms with Crippen LogP contribution in [-0.2, 0) is 4.74 Å². The molecule has 0 aliphatic heterocycles. The number of nitro groups is 1. The molecule has 0 amide bonds. The number of ether oxygens (including phenoxy) is 1. The minimum absolute atomic E-state index is 0.136. The summed E-state index contributed by atoms with van der Waals surface area (Å²) in [6, 6.07) is 10.6. The molecule has 2 rings (SSSR count). The highest BCUT2D eigenvalue weighted by molar-refractivity contribution is 7.98. The van der Waals surface area contributed by atoms with E-state index < -0.39 is 16.7 Å². The van der Waals surface area contributed by atoms with E-state index in [1.165, 1.54) is 42.1 Å². The third-order valence-corrected chi connectivity index (χ3v) is 4.36. The highest BCUT2D eigenvalue weighted by atomic mass is 32.2. The van der Waals surface area contributed by atoms with Crippen molar-refractivity contribution in [3.8, 4) is 0 Å². The van der Waals surface area contributed by atoms with E-state index in [2.05, 4.69) is 0 Å². The van der Waals surface area contributed by atoms with Crippen molar-refractivity contribution >= 4 is 29.2 Å². The number of ketones is 1. The van der Waals surface area contributed by atoms with Crippen molar-refractivity contribution in [3.63, 3.8) is 0 Å². The molecule has 6 nitrogen and oxygen atoms in total. The summed E-state index contributed by atoms with van der Waals surface area (Å²) < 4.78 is 5.21. The third kappa shape index (κ3) is 4.49. The Labute approximate surface area is 155 Å². The molecule has 0 aromatic heterocycles. The van der Waals surface area contributed by atoms with E-state index in [1.54, 1.807) is 18.4 Å². The van der Waals surface area contributed by atoms with Gasteiger partial charge in [0.15, 0.2) is 5.78 Å². The molecule has 136 valence electrons. The summed E-state index contributed by atoms with van der Waals surface area (Å²) in [6.45, 7) is 4.07. The van der Waals surface area contributed by atoms with Crippen molar-refractivity contribution in [1.82, 2.24) is 0 Å². The average molecular weight is 373 g/mol. The maximum absolute atomic E-state index is 12.8. The Morgan fingerprint density at radius 1 is 1.15 bits per heavy atom. The van der Waals surface area contributed by atoms with Gasteiger partial charge in [0.1, 0.15) is 0 Å². The fourth-order valence-electron chi connectivity index (χ4n) is 2.31. The Morgan fingerprint density at radius 2 is 1.81 bits per heavy atom. The Kier molecular flexibility index (Phi) is 6.52.